The van der Waals surface area contributed by atoms with Crippen LogP contribution in [-0.2, 0) is 0 Å². The maximum absolute atomic E-state index is 12.0. The number of amides is 1. The number of rotatable bonds is 3. The molecular weight excluding hydrogens is 286 g/mol. The maximum atomic E-state index is 12.0. The van der Waals surface area contributed by atoms with Crippen LogP contribution in [0.25, 0.3) is 0 Å². The molecule has 5 heteroatoms. The van der Waals surface area contributed by atoms with Crippen molar-refractivity contribution in [1.29, 1.82) is 0 Å². The number of hydrogen-bond acceptors (Lipinski definition) is 3. The lowest BCUT2D eigenvalue weighted by atomic mass is 10.1. The van der Waals surface area contributed by atoms with E-state index in [9.17, 15) is 4.79 Å². The molecule has 3 N–H and O–H groups in total. The van der Waals surface area contributed by atoms with Gasteiger partial charge in [-0.25, -0.2) is 0 Å². The van der Waals surface area contributed by atoms with Gasteiger partial charge in [-0.15, -0.1) is 0 Å². The molecule has 0 saturated carbocycles. The van der Waals surface area contributed by atoms with Crippen molar-refractivity contribution in [2.24, 2.45) is 0 Å². The molecule has 0 fully saturated rings. The summed E-state index contributed by atoms with van der Waals surface area (Å²) in [5, 5.41) is 3.83. The molecule has 0 spiro atoms. The molecule has 0 bridgehead atoms. The van der Waals surface area contributed by atoms with Crippen LogP contribution < -0.4 is 11.1 Å². The van der Waals surface area contributed by atoms with Crippen LogP contribution in [-0.4, -0.2) is 24.9 Å². The van der Waals surface area contributed by atoms with Crippen molar-refractivity contribution in [2.75, 3.05) is 25.1 Å². The fourth-order valence-corrected chi connectivity index (χ4v) is 2.25. The fraction of sp³-hybridized carbons (Fsp3) is 0.188. The van der Waals surface area contributed by atoms with E-state index in [-0.39, 0.29) is 5.91 Å². The number of nitrogens with two attached hydrogens (primary N) is 1. The highest BCUT2D eigenvalue weighted by Gasteiger charge is 2.12. The first-order chi connectivity index (χ1) is 9.90. The van der Waals surface area contributed by atoms with Gasteiger partial charge in [-0.05, 0) is 36.8 Å². The first-order valence-corrected chi connectivity index (χ1v) is 6.91. The van der Waals surface area contributed by atoms with Crippen molar-refractivity contribution < 1.29 is 4.79 Å². The molecule has 1 amide bonds. The number of para-hydroxylation sites is 1. The van der Waals surface area contributed by atoms with E-state index in [0.717, 1.165) is 11.3 Å². The average molecular weight is 304 g/mol. The minimum absolute atomic E-state index is 0.0751. The van der Waals surface area contributed by atoms with Gasteiger partial charge in [0.05, 0.1) is 22.1 Å². The molecule has 2 aromatic rings. The summed E-state index contributed by atoms with van der Waals surface area (Å²) in [6, 6.07) is 10.8. The Morgan fingerprint density at radius 1 is 1.24 bits per heavy atom. The number of carbonyl (C=O) groups excluding carboxylic acids is 1. The van der Waals surface area contributed by atoms with Crippen molar-refractivity contribution in [2.45, 2.75) is 6.92 Å². The van der Waals surface area contributed by atoms with Gasteiger partial charge in [-0.2, -0.15) is 0 Å². The number of halogens is 1. The quantitative estimate of drug-likeness (QED) is 0.850. The summed E-state index contributed by atoms with van der Waals surface area (Å²) in [7, 11) is 3.42. The lowest BCUT2D eigenvalue weighted by molar-refractivity contribution is 0.0827. The average Bonchev–Trinajstić information content (AvgIpc) is 2.44. The van der Waals surface area contributed by atoms with Crippen LogP contribution in [0.5, 0.6) is 0 Å². The molecule has 2 rings (SSSR count). The Hall–Kier alpha value is -2.20. The first-order valence-electron chi connectivity index (χ1n) is 6.53. The SMILES string of the molecule is Cc1cccc(Cl)c1Nc1cc(C(=O)N(C)C)ccc1N. The lowest BCUT2D eigenvalue weighted by Crippen LogP contribution is -2.21. The molecule has 21 heavy (non-hydrogen) atoms. The standard InChI is InChI=1S/C16H18ClN3O/c1-10-5-4-6-12(17)15(10)19-14-9-11(7-8-13(14)18)16(21)20(2)3/h4-9,19H,18H2,1-3H3. The highest BCUT2D eigenvalue weighted by molar-refractivity contribution is 6.33. The van der Waals surface area contributed by atoms with E-state index in [4.69, 9.17) is 17.3 Å². The molecular formula is C16H18ClN3O. The van der Waals surface area contributed by atoms with Crippen molar-refractivity contribution in [3.05, 3.63) is 52.5 Å². The van der Waals surface area contributed by atoms with Gasteiger partial charge < -0.3 is 16.0 Å². The molecule has 0 saturated heterocycles. The van der Waals surface area contributed by atoms with Gasteiger partial charge in [0.15, 0.2) is 0 Å². The van der Waals surface area contributed by atoms with E-state index >= 15 is 0 Å². The predicted octanol–water partition coefficient (Wildman–Crippen LogP) is 3.68. The monoisotopic (exact) mass is 303 g/mol. The highest BCUT2D eigenvalue weighted by atomic mass is 35.5. The van der Waals surface area contributed by atoms with Crippen molar-refractivity contribution >= 4 is 34.6 Å². The zero-order chi connectivity index (χ0) is 15.6. The Morgan fingerprint density at radius 3 is 2.57 bits per heavy atom. The molecule has 0 atom stereocenters. The highest BCUT2D eigenvalue weighted by Crippen LogP contribution is 2.31. The van der Waals surface area contributed by atoms with Crippen LogP contribution >= 0.6 is 11.6 Å². The molecule has 4 nitrogen and oxygen atoms in total. The van der Waals surface area contributed by atoms with E-state index in [2.05, 4.69) is 5.32 Å². The second-order valence-electron chi connectivity index (χ2n) is 5.06. The van der Waals surface area contributed by atoms with Crippen molar-refractivity contribution in [1.82, 2.24) is 4.90 Å². The normalized spacial score (nSPS) is 10.3. The van der Waals surface area contributed by atoms with Gasteiger partial charge in [0.1, 0.15) is 0 Å². The van der Waals surface area contributed by atoms with Crippen LogP contribution in [0.3, 0.4) is 0 Å². The van der Waals surface area contributed by atoms with Gasteiger partial charge in [0.25, 0.3) is 5.91 Å². The van der Waals surface area contributed by atoms with E-state index in [1.54, 1.807) is 32.3 Å². The number of hydrogen-bond donors (Lipinski definition) is 2. The lowest BCUT2D eigenvalue weighted by Gasteiger charge is -2.16. The Balaban J connectivity index is 2.40. The fourth-order valence-electron chi connectivity index (χ4n) is 1.98. The number of nitrogen functional groups attached to an aromatic ring is 1. The molecule has 0 radical (unpaired) electrons. The van der Waals surface area contributed by atoms with Crippen LogP contribution in [0.4, 0.5) is 17.1 Å². The van der Waals surface area contributed by atoms with Gasteiger partial charge in [-0.1, -0.05) is 23.7 Å². The van der Waals surface area contributed by atoms with Crippen molar-refractivity contribution in [3.8, 4) is 0 Å². The Kier molecular flexibility index (Phi) is 4.38. The summed E-state index contributed by atoms with van der Waals surface area (Å²) in [5.41, 5.74) is 9.58. The minimum atomic E-state index is -0.0751. The molecule has 0 aromatic heterocycles. The Morgan fingerprint density at radius 2 is 1.95 bits per heavy atom. The second-order valence-corrected chi connectivity index (χ2v) is 5.47. The third kappa shape index (κ3) is 3.28. The van der Waals surface area contributed by atoms with Crippen LogP contribution in [0.2, 0.25) is 5.02 Å². The number of nitrogens with zero attached hydrogens (tertiary/aromatic N) is 1. The summed E-state index contributed by atoms with van der Waals surface area (Å²) in [5.74, 6) is -0.0751. The maximum Gasteiger partial charge on any atom is 0.253 e. The second kappa shape index (κ2) is 6.06. The predicted molar refractivity (Wildman–Crippen MR) is 88.3 cm³/mol. The number of aryl methyl sites for hydroxylation is 1. The van der Waals surface area contributed by atoms with Gasteiger partial charge >= 0.3 is 0 Å². The smallest absolute Gasteiger partial charge is 0.253 e. The largest absolute Gasteiger partial charge is 0.397 e. The molecule has 0 aliphatic carbocycles. The van der Waals surface area contributed by atoms with Crippen molar-refractivity contribution in [3.63, 3.8) is 0 Å². The number of anilines is 3. The zero-order valence-corrected chi connectivity index (χ0v) is 13.0. The molecule has 110 valence electrons. The van der Waals surface area contributed by atoms with Gasteiger partial charge in [0.2, 0.25) is 0 Å². The van der Waals surface area contributed by atoms with Crippen LogP contribution in [0.15, 0.2) is 36.4 Å². The van der Waals surface area contributed by atoms with Crippen LogP contribution in [0, 0.1) is 6.92 Å². The minimum Gasteiger partial charge on any atom is -0.397 e. The zero-order valence-electron chi connectivity index (χ0n) is 12.3. The third-order valence-corrected chi connectivity index (χ3v) is 3.50. The number of benzene rings is 2. The molecule has 0 unspecified atom stereocenters. The summed E-state index contributed by atoms with van der Waals surface area (Å²) in [6.45, 7) is 1.96. The Bertz CT molecular complexity index is 663. The molecule has 0 heterocycles. The summed E-state index contributed by atoms with van der Waals surface area (Å²) >= 11 is 6.21. The number of nitrogens with one attached hydrogen (secondary N) is 1. The molecule has 0 aliphatic heterocycles. The van der Waals surface area contributed by atoms with E-state index in [1.807, 2.05) is 25.1 Å². The summed E-state index contributed by atoms with van der Waals surface area (Å²) < 4.78 is 0. The topological polar surface area (TPSA) is 58.4 Å². The van der Waals surface area contributed by atoms with E-state index in [1.165, 1.54) is 4.90 Å². The number of carbonyl (C=O) groups is 1. The van der Waals surface area contributed by atoms with E-state index in [0.29, 0.717) is 22.0 Å². The molecule has 2 aromatic carbocycles. The van der Waals surface area contributed by atoms with Gasteiger partial charge in [0, 0.05) is 19.7 Å². The first kappa shape index (κ1) is 15.2. The third-order valence-electron chi connectivity index (χ3n) is 3.19. The van der Waals surface area contributed by atoms with E-state index < -0.39 is 0 Å². The molecule has 0 aliphatic rings. The van der Waals surface area contributed by atoms with Gasteiger partial charge in [-0.3, -0.25) is 4.79 Å². The summed E-state index contributed by atoms with van der Waals surface area (Å²) in [4.78, 5) is 13.5. The van der Waals surface area contributed by atoms with Crippen LogP contribution in [0.1, 0.15) is 15.9 Å². The Labute approximate surface area is 129 Å². The summed E-state index contributed by atoms with van der Waals surface area (Å²) in [6.07, 6.45) is 0.